The second kappa shape index (κ2) is 28.5. The maximum atomic E-state index is 9.98. The van der Waals surface area contributed by atoms with Crippen LogP contribution in [0.1, 0.15) is 13.8 Å². The van der Waals surface area contributed by atoms with Crippen LogP contribution in [0.4, 0.5) is 0 Å². The van der Waals surface area contributed by atoms with Gasteiger partial charge in [-0.3, -0.25) is 0 Å². The number of aliphatic hydroxyl groups is 12. The van der Waals surface area contributed by atoms with E-state index in [-0.39, 0.29) is 60.8 Å². The van der Waals surface area contributed by atoms with Crippen LogP contribution in [-0.4, -0.2) is 220 Å². The first-order chi connectivity index (χ1) is 17.1. The molecule has 0 amide bonds. The maximum Gasteiger partial charge on any atom is 2.00 e. The summed E-state index contributed by atoms with van der Waals surface area (Å²) in [5.74, 6) is -6.82. The van der Waals surface area contributed by atoms with Crippen molar-refractivity contribution in [2.45, 2.75) is 74.9 Å². The summed E-state index contributed by atoms with van der Waals surface area (Å²) >= 11 is 0. The zero-order valence-corrected chi connectivity index (χ0v) is 24.9. The number of carbonyl (C=O) groups is 4. The fourth-order valence-electron chi connectivity index (χ4n) is 1.32. The molecule has 2 unspecified atom stereocenters. The number of aliphatic carboxylic acids is 4. The van der Waals surface area contributed by atoms with E-state index in [9.17, 15) is 39.6 Å². The van der Waals surface area contributed by atoms with Crippen molar-refractivity contribution >= 4 is 84.7 Å². The molecule has 22 heteroatoms. The quantitative estimate of drug-likeness (QED) is 0.0888. The Morgan fingerprint density at radius 1 is 0.500 bits per heavy atom. The standard InChI is InChI=1S/2C6H12O7.2C3H6O3.Ca.Mg/c2*7-1-2(8)3(9)4(10)5(11)6(12)13;2*1-2(4)3(5)6;;/h2*2-5,7-11H,1H2,(H,12,13);2*2,4H,1H3,(H,5,6);;/q;;;;2*+2/p-4/t2*2-,3-,4+,5-;;;;/m11..../s1. The Morgan fingerprint density at radius 3 is 0.775 bits per heavy atom. The molecule has 228 valence electrons. The normalized spacial score (nSPS) is 17.4. The fraction of sp³-hybridized carbons (Fsp3) is 0.778. The molecule has 0 radical (unpaired) electrons. The molecule has 0 rings (SSSR count). The fourth-order valence-corrected chi connectivity index (χ4v) is 1.32. The van der Waals surface area contributed by atoms with E-state index in [0.29, 0.717) is 0 Å². The van der Waals surface area contributed by atoms with Gasteiger partial charge in [0.1, 0.15) is 48.8 Å². The summed E-state index contributed by atoms with van der Waals surface area (Å²) in [6.07, 6.45) is -18.8. The van der Waals surface area contributed by atoms with Gasteiger partial charge in [0.15, 0.2) is 0 Å². The molecule has 0 bridgehead atoms. The van der Waals surface area contributed by atoms with Crippen LogP contribution >= 0.6 is 0 Å². The summed E-state index contributed by atoms with van der Waals surface area (Å²) in [4.78, 5) is 38.6. The van der Waals surface area contributed by atoms with E-state index in [1.54, 1.807) is 0 Å². The zero-order valence-electron chi connectivity index (χ0n) is 21.2. The van der Waals surface area contributed by atoms with Crippen molar-refractivity contribution in [1.82, 2.24) is 0 Å². The Morgan fingerprint density at radius 2 is 0.675 bits per heavy atom. The van der Waals surface area contributed by atoms with Gasteiger partial charge in [-0.15, -0.1) is 0 Å². The Labute approximate surface area is 272 Å². The van der Waals surface area contributed by atoms with Crippen LogP contribution in [0.15, 0.2) is 0 Å². The number of carboxylic acid groups (broad SMARTS) is 4. The van der Waals surface area contributed by atoms with Gasteiger partial charge in [0, 0.05) is 0 Å². The van der Waals surface area contributed by atoms with Gasteiger partial charge in [0.25, 0.3) is 0 Å². The summed E-state index contributed by atoms with van der Waals surface area (Å²) in [5.41, 5.74) is 0. The van der Waals surface area contributed by atoms with E-state index in [0.717, 1.165) is 13.8 Å². The van der Waals surface area contributed by atoms with Crippen molar-refractivity contribution in [2.24, 2.45) is 0 Å². The molecule has 12 N–H and O–H groups in total. The van der Waals surface area contributed by atoms with Crippen LogP contribution in [0, 0.1) is 0 Å². The second-order valence-corrected chi connectivity index (χ2v) is 6.98. The number of carbonyl (C=O) groups excluding carboxylic acids is 4. The minimum Gasteiger partial charge on any atom is -0.547 e. The van der Waals surface area contributed by atoms with Crippen LogP contribution in [-0.2, 0) is 19.2 Å². The van der Waals surface area contributed by atoms with Crippen LogP contribution < -0.4 is 20.4 Å². The Bertz CT molecular complexity index is 626. The van der Waals surface area contributed by atoms with E-state index in [1.165, 1.54) is 0 Å². The van der Waals surface area contributed by atoms with Gasteiger partial charge in [-0.1, -0.05) is 0 Å². The van der Waals surface area contributed by atoms with Gasteiger partial charge in [0.2, 0.25) is 0 Å². The largest absolute Gasteiger partial charge is 2.00 e. The first-order valence-electron chi connectivity index (χ1n) is 9.97. The van der Waals surface area contributed by atoms with Crippen LogP contribution in [0.2, 0.25) is 0 Å². The molecule has 0 aromatic rings. The van der Waals surface area contributed by atoms with Crippen LogP contribution in [0.5, 0.6) is 0 Å². The Kier molecular flexibility index (Phi) is 37.2. The summed E-state index contributed by atoms with van der Waals surface area (Å²) in [5, 5.41) is 141. The molecule has 40 heavy (non-hydrogen) atoms. The molecular formula is C18H32CaMgO20. The number of aliphatic hydroxyl groups excluding tert-OH is 12. The minimum absolute atomic E-state index is 0. The summed E-state index contributed by atoms with van der Waals surface area (Å²) < 4.78 is 0. The van der Waals surface area contributed by atoms with Crippen molar-refractivity contribution in [3.05, 3.63) is 0 Å². The number of rotatable bonds is 12. The minimum atomic E-state index is -2.31. The molecular weight excluding hydrogens is 601 g/mol. The number of hydrogen-bond acceptors (Lipinski definition) is 20. The summed E-state index contributed by atoms with van der Waals surface area (Å²) in [6.45, 7) is 0.542. The predicted molar refractivity (Wildman–Crippen MR) is 117 cm³/mol. The first kappa shape index (κ1) is 52.1. The maximum absolute atomic E-state index is 9.98. The number of carboxylic acids is 4. The number of hydrogen-bond donors (Lipinski definition) is 12. The summed E-state index contributed by atoms with van der Waals surface area (Å²) in [6, 6.07) is 0. The molecule has 20 nitrogen and oxygen atoms in total. The van der Waals surface area contributed by atoms with Gasteiger partial charge in [0.05, 0.1) is 49.3 Å². The Balaban J connectivity index is -0.000000101. The van der Waals surface area contributed by atoms with Crippen molar-refractivity contribution in [3.8, 4) is 0 Å². The van der Waals surface area contributed by atoms with Crippen LogP contribution in [0.3, 0.4) is 0 Å². The van der Waals surface area contributed by atoms with Gasteiger partial charge in [-0.05, 0) is 13.8 Å². The van der Waals surface area contributed by atoms with E-state index < -0.39 is 98.1 Å². The molecule has 0 saturated carbocycles. The third-order valence-corrected chi connectivity index (χ3v) is 3.67. The smallest absolute Gasteiger partial charge is 0.547 e. The van der Waals surface area contributed by atoms with Crippen molar-refractivity contribution < 1.29 is 101 Å². The van der Waals surface area contributed by atoms with E-state index in [4.69, 9.17) is 61.3 Å². The molecule has 10 atom stereocenters. The second-order valence-electron chi connectivity index (χ2n) is 6.98. The molecule has 0 fully saturated rings. The Hall–Kier alpha value is -0.574. The monoisotopic (exact) mass is 632 g/mol. The van der Waals surface area contributed by atoms with E-state index in [1.807, 2.05) is 0 Å². The topological polar surface area (TPSA) is 403 Å². The van der Waals surface area contributed by atoms with Gasteiger partial charge < -0.3 is 101 Å². The van der Waals surface area contributed by atoms with Crippen molar-refractivity contribution in [3.63, 3.8) is 0 Å². The molecule has 0 aromatic carbocycles. The third kappa shape index (κ3) is 26.3. The van der Waals surface area contributed by atoms with Crippen molar-refractivity contribution in [1.29, 1.82) is 0 Å². The average Bonchev–Trinajstić information content (AvgIpc) is 2.85. The molecule has 0 spiro atoms. The zero-order chi connectivity index (χ0) is 31.5. The van der Waals surface area contributed by atoms with E-state index in [2.05, 4.69) is 0 Å². The molecule has 0 aliphatic heterocycles. The SMILES string of the molecule is CC(O)C(=O)[O-].CC(O)C(=O)[O-].O=C([O-])[C@H](O)[C@@H](O)[C@H](O)[C@H](O)CO.O=C([O-])[C@H](O)[C@@H](O)[C@H](O)[C@H](O)CO.[Ca+2].[Mg+2]. The average molecular weight is 633 g/mol. The molecule has 0 saturated heterocycles. The predicted octanol–water partition coefficient (Wildman–Crippen LogP) is -14.2. The first-order valence-corrected chi connectivity index (χ1v) is 9.97. The molecule has 0 aliphatic carbocycles. The van der Waals surface area contributed by atoms with E-state index >= 15 is 0 Å². The molecule has 0 heterocycles. The summed E-state index contributed by atoms with van der Waals surface area (Å²) in [7, 11) is 0. The van der Waals surface area contributed by atoms with Gasteiger partial charge >= 0.3 is 60.8 Å². The van der Waals surface area contributed by atoms with Crippen LogP contribution in [0.25, 0.3) is 0 Å². The van der Waals surface area contributed by atoms with Crippen molar-refractivity contribution in [2.75, 3.05) is 13.2 Å². The van der Waals surface area contributed by atoms with Gasteiger partial charge in [-0.2, -0.15) is 0 Å². The van der Waals surface area contributed by atoms with Gasteiger partial charge in [-0.25, -0.2) is 0 Å². The molecule has 0 aromatic heterocycles. The third-order valence-electron chi connectivity index (χ3n) is 3.67. The molecule has 0 aliphatic rings.